The Morgan fingerprint density at radius 3 is 3.18 bits per heavy atom. The van der Waals surface area contributed by atoms with Crippen LogP contribution < -0.4 is 16.3 Å². The lowest BCUT2D eigenvalue weighted by atomic mass is 10.4. The first-order valence-corrected chi connectivity index (χ1v) is 3.44. The van der Waals surface area contributed by atoms with Crippen molar-refractivity contribution in [1.82, 2.24) is 4.98 Å². The highest BCUT2D eigenvalue weighted by Crippen LogP contribution is 1.86. The lowest BCUT2D eigenvalue weighted by Crippen LogP contribution is -2.19. The van der Waals surface area contributed by atoms with E-state index in [1.54, 1.807) is 6.08 Å². The van der Waals surface area contributed by atoms with Crippen molar-refractivity contribution in [3.63, 3.8) is 0 Å². The summed E-state index contributed by atoms with van der Waals surface area (Å²) < 4.78 is 0. The van der Waals surface area contributed by atoms with Crippen LogP contribution in [0.25, 0.3) is 11.8 Å². The normalized spacial score (nSPS) is 14.0. The van der Waals surface area contributed by atoms with E-state index in [-0.39, 0.29) is 0 Å². The Kier molecular flexibility index (Phi) is 1.21. The van der Waals surface area contributed by atoms with Gasteiger partial charge in [0.15, 0.2) is 0 Å². The largest absolute Gasteiger partial charge is 0.398 e. The van der Waals surface area contributed by atoms with E-state index in [4.69, 9.17) is 5.73 Å². The molecule has 0 radical (unpaired) electrons. The molecule has 0 saturated heterocycles. The quantitative estimate of drug-likeness (QED) is 0.510. The monoisotopic (exact) mass is 144 g/mol. The molecule has 0 saturated carbocycles. The SMILES string of the molecule is NC1=CC=c2[nH]ccc2=C=C1. The van der Waals surface area contributed by atoms with E-state index in [0.717, 1.165) is 16.3 Å². The average Bonchev–Trinajstić information content (AvgIpc) is 2.38. The van der Waals surface area contributed by atoms with Gasteiger partial charge >= 0.3 is 0 Å². The van der Waals surface area contributed by atoms with Crippen LogP contribution in [0.3, 0.4) is 0 Å². The van der Waals surface area contributed by atoms with Crippen LogP contribution in [0.2, 0.25) is 0 Å². The summed E-state index contributed by atoms with van der Waals surface area (Å²) in [6, 6.07) is 1.97. The third-order valence-corrected chi connectivity index (χ3v) is 1.62. The second-order valence-corrected chi connectivity index (χ2v) is 2.43. The highest BCUT2D eigenvalue weighted by atomic mass is 14.6. The molecule has 11 heavy (non-hydrogen) atoms. The Labute approximate surface area is 64.0 Å². The van der Waals surface area contributed by atoms with Crippen molar-refractivity contribution in [2.45, 2.75) is 0 Å². The fourth-order valence-electron chi connectivity index (χ4n) is 1.03. The van der Waals surface area contributed by atoms with Gasteiger partial charge in [0, 0.05) is 23.2 Å². The molecular weight excluding hydrogens is 136 g/mol. The molecule has 1 aliphatic carbocycles. The van der Waals surface area contributed by atoms with Crippen molar-refractivity contribution in [3.8, 4) is 0 Å². The zero-order valence-corrected chi connectivity index (χ0v) is 5.96. The van der Waals surface area contributed by atoms with E-state index in [2.05, 4.69) is 10.7 Å². The van der Waals surface area contributed by atoms with E-state index in [1.165, 1.54) is 0 Å². The second kappa shape index (κ2) is 2.19. The number of nitrogens with one attached hydrogen (secondary N) is 1. The predicted molar refractivity (Wildman–Crippen MR) is 44.8 cm³/mol. The van der Waals surface area contributed by atoms with Crippen LogP contribution in [0.1, 0.15) is 0 Å². The highest BCUT2D eigenvalue weighted by molar-refractivity contribution is 5.46. The number of aromatic nitrogens is 1. The lowest BCUT2D eigenvalue weighted by molar-refractivity contribution is 1.32. The van der Waals surface area contributed by atoms with Crippen molar-refractivity contribution in [2.24, 2.45) is 5.73 Å². The van der Waals surface area contributed by atoms with E-state index in [1.807, 2.05) is 24.4 Å². The molecule has 0 aromatic carbocycles. The summed E-state index contributed by atoms with van der Waals surface area (Å²) in [4.78, 5) is 3.08. The van der Waals surface area contributed by atoms with E-state index >= 15 is 0 Å². The van der Waals surface area contributed by atoms with Gasteiger partial charge in [-0.3, -0.25) is 0 Å². The number of hydrogen-bond donors (Lipinski definition) is 2. The van der Waals surface area contributed by atoms with E-state index in [9.17, 15) is 0 Å². The number of H-pyrrole nitrogens is 1. The van der Waals surface area contributed by atoms with Gasteiger partial charge in [-0.2, -0.15) is 0 Å². The molecular formula is C9H8N2. The molecule has 0 atom stereocenters. The molecule has 1 aromatic rings. The number of rotatable bonds is 0. The van der Waals surface area contributed by atoms with Gasteiger partial charge in [0.25, 0.3) is 0 Å². The maximum Gasteiger partial charge on any atom is 0.0533 e. The number of fused-ring (bicyclic) bond motifs is 1. The number of aromatic amines is 1. The first-order chi connectivity index (χ1) is 5.36. The predicted octanol–water partition coefficient (Wildman–Crippen LogP) is -0.413. The minimum absolute atomic E-state index is 0.731. The molecule has 0 fully saturated rings. The number of nitrogens with two attached hydrogens (primary N) is 1. The number of hydrogen-bond acceptors (Lipinski definition) is 1. The zero-order valence-electron chi connectivity index (χ0n) is 5.96. The summed E-state index contributed by atoms with van der Waals surface area (Å²) in [6.07, 6.45) is 7.46. The molecule has 0 bridgehead atoms. The summed E-state index contributed by atoms with van der Waals surface area (Å²) in [7, 11) is 0. The molecule has 0 spiro atoms. The molecule has 3 N–H and O–H groups in total. The Bertz CT molecular complexity index is 442. The minimum atomic E-state index is 0.731. The molecule has 0 aliphatic heterocycles. The van der Waals surface area contributed by atoms with Crippen molar-refractivity contribution < 1.29 is 0 Å². The van der Waals surface area contributed by atoms with Gasteiger partial charge in [0.2, 0.25) is 0 Å². The molecule has 2 nitrogen and oxygen atoms in total. The summed E-state index contributed by atoms with van der Waals surface area (Å²) in [5.41, 5.74) is 9.38. The van der Waals surface area contributed by atoms with Gasteiger partial charge in [-0.15, -0.1) is 5.73 Å². The van der Waals surface area contributed by atoms with E-state index in [0.29, 0.717) is 0 Å². The van der Waals surface area contributed by atoms with Crippen molar-refractivity contribution in [1.29, 1.82) is 0 Å². The third-order valence-electron chi connectivity index (χ3n) is 1.62. The molecule has 2 heteroatoms. The van der Waals surface area contributed by atoms with Crippen LogP contribution in [-0.2, 0) is 0 Å². The number of allylic oxidation sites excluding steroid dienone is 2. The Balaban J connectivity index is 2.91. The van der Waals surface area contributed by atoms with Crippen LogP contribution in [0.5, 0.6) is 0 Å². The molecule has 0 unspecified atom stereocenters. The third kappa shape index (κ3) is 0.997. The Morgan fingerprint density at radius 2 is 2.27 bits per heavy atom. The summed E-state index contributed by atoms with van der Waals surface area (Å²) in [5.74, 6) is 0. The smallest absolute Gasteiger partial charge is 0.0533 e. The van der Waals surface area contributed by atoms with Crippen LogP contribution >= 0.6 is 0 Å². The fourth-order valence-corrected chi connectivity index (χ4v) is 1.03. The standard InChI is InChI=1S/C9H8N2/c10-8-2-1-7-5-6-11-9(7)4-3-8/h2-6,11H,10H2. The van der Waals surface area contributed by atoms with Crippen molar-refractivity contribution in [3.05, 3.63) is 40.7 Å². The zero-order chi connectivity index (χ0) is 7.68. The van der Waals surface area contributed by atoms with Crippen molar-refractivity contribution >= 4 is 11.8 Å². The van der Waals surface area contributed by atoms with Gasteiger partial charge in [0.05, 0.1) is 5.35 Å². The van der Waals surface area contributed by atoms with E-state index < -0.39 is 0 Å². The first kappa shape index (κ1) is 6.08. The van der Waals surface area contributed by atoms with Gasteiger partial charge in [0.1, 0.15) is 0 Å². The lowest BCUT2D eigenvalue weighted by Gasteiger charge is -1.81. The molecule has 1 aliphatic rings. The second-order valence-electron chi connectivity index (χ2n) is 2.43. The van der Waals surface area contributed by atoms with Gasteiger partial charge in [-0.25, -0.2) is 0 Å². The first-order valence-electron chi connectivity index (χ1n) is 3.44. The molecule has 1 aromatic heterocycles. The van der Waals surface area contributed by atoms with Crippen LogP contribution in [0.15, 0.2) is 30.1 Å². The van der Waals surface area contributed by atoms with Crippen molar-refractivity contribution in [2.75, 3.05) is 0 Å². The van der Waals surface area contributed by atoms with Crippen LogP contribution in [0, 0.1) is 0 Å². The minimum Gasteiger partial charge on any atom is -0.398 e. The Morgan fingerprint density at radius 1 is 1.36 bits per heavy atom. The van der Waals surface area contributed by atoms with Crippen LogP contribution in [-0.4, -0.2) is 4.98 Å². The Hall–Kier alpha value is -1.66. The highest BCUT2D eigenvalue weighted by Gasteiger charge is 1.87. The maximum atomic E-state index is 5.57. The fraction of sp³-hybridized carbons (Fsp3) is 0. The van der Waals surface area contributed by atoms with Gasteiger partial charge in [-0.1, -0.05) is 0 Å². The molecule has 2 rings (SSSR count). The molecule has 0 amide bonds. The molecule has 54 valence electrons. The summed E-state index contributed by atoms with van der Waals surface area (Å²) in [5, 5.41) is 2.11. The summed E-state index contributed by atoms with van der Waals surface area (Å²) in [6.45, 7) is 0. The van der Waals surface area contributed by atoms with Gasteiger partial charge in [-0.05, 0) is 18.2 Å². The topological polar surface area (TPSA) is 41.8 Å². The van der Waals surface area contributed by atoms with Gasteiger partial charge < -0.3 is 10.7 Å². The summed E-state index contributed by atoms with van der Waals surface area (Å²) >= 11 is 0. The maximum absolute atomic E-state index is 5.57. The molecule has 1 heterocycles. The van der Waals surface area contributed by atoms with Crippen LogP contribution in [0.4, 0.5) is 0 Å². The average molecular weight is 144 g/mol.